The standard InChI is InChI=1S/C17H11Cl2NO3/c1-23-15-4-2-3-10-11(17(21)22)8-14(20-16(10)15)9-5-6-12(18)13(19)7-9/h2-8H,1H3,(H,21,22). The van der Waals surface area contributed by atoms with Gasteiger partial charge < -0.3 is 9.84 Å². The number of benzene rings is 2. The molecule has 1 heterocycles. The Bertz CT molecular complexity index is 925. The fraction of sp³-hybridized carbons (Fsp3) is 0.0588. The van der Waals surface area contributed by atoms with Crippen molar-refractivity contribution in [2.45, 2.75) is 0 Å². The normalized spacial score (nSPS) is 10.7. The van der Waals surface area contributed by atoms with Crippen LogP contribution >= 0.6 is 23.2 Å². The average Bonchev–Trinajstić information content (AvgIpc) is 2.55. The molecule has 0 aliphatic carbocycles. The summed E-state index contributed by atoms with van der Waals surface area (Å²) >= 11 is 12.0. The van der Waals surface area contributed by atoms with E-state index in [1.54, 1.807) is 36.4 Å². The monoisotopic (exact) mass is 347 g/mol. The molecule has 3 aromatic rings. The summed E-state index contributed by atoms with van der Waals surface area (Å²) in [6.45, 7) is 0. The number of pyridine rings is 1. The molecule has 0 bridgehead atoms. The molecule has 6 heteroatoms. The number of rotatable bonds is 3. The number of methoxy groups -OCH3 is 1. The molecule has 3 rings (SSSR count). The van der Waals surface area contributed by atoms with Crippen LogP contribution in [0.2, 0.25) is 10.0 Å². The molecular formula is C17H11Cl2NO3. The summed E-state index contributed by atoms with van der Waals surface area (Å²) in [7, 11) is 1.52. The van der Waals surface area contributed by atoms with Crippen LogP contribution in [0.3, 0.4) is 0 Å². The SMILES string of the molecule is COc1cccc2c(C(=O)O)cc(-c3ccc(Cl)c(Cl)c3)nc12. The second kappa shape index (κ2) is 6.07. The third kappa shape index (κ3) is 2.83. The van der Waals surface area contributed by atoms with Crippen molar-refractivity contribution >= 4 is 40.1 Å². The number of ether oxygens (including phenoxy) is 1. The summed E-state index contributed by atoms with van der Waals surface area (Å²) in [6.07, 6.45) is 0. The van der Waals surface area contributed by atoms with Gasteiger partial charge in [-0.25, -0.2) is 9.78 Å². The first-order valence-electron chi connectivity index (χ1n) is 6.67. The van der Waals surface area contributed by atoms with E-state index in [4.69, 9.17) is 27.9 Å². The van der Waals surface area contributed by atoms with Crippen LogP contribution in [0.1, 0.15) is 10.4 Å². The predicted molar refractivity (Wildman–Crippen MR) is 90.7 cm³/mol. The quantitative estimate of drug-likeness (QED) is 0.730. The van der Waals surface area contributed by atoms with Gasteiger partial charge in [0.2, 0.25) is 0 Å². The fourth-order valence-corrected chi connectivity index (χ4v) is 2.67. The van der Waals surface area contributed by atoms with Crippen molar-refractivity contribution in [3.63, 3.8) is 0 Å². The number of carbonyl (C=O) groups is 1. The number of aromatic carboxylic acids is 1. The van der Waals surface area contributed by atoms with Crippen molar-refractivity contribution in [2.75, 3.05) is 7.11 Å². The molecule has 0 amide bonds. The van der Waals surface area contributed by atoms with Crippen molar-refractivity contribution in [3.05, 3.63) is 58.1 Å². The summed E-state index contributed by atoms with van der Waals surface area (Å²) < 4.78 is 5.29. The van der Waals surface area contributed by atoms with Crippen LogP contribution in [0.15, 0.2) is 42.5 Å². The minimum absolute atomic E-state index is 0.148. The van der Waals surface area contributed by atoms with Gasteiger partial charge in [-0.15, -0.1) is 0 Å². The van der Waals surface area contributed by atoms with E-state index in [1.165, 1.54) is 13.2 Å². The summed E-state index contributed by atoms with van der Waals surface area (Å²) in [5.41, 5.74) is 1.79. The number of aromatic nitrogens is 1. The van der Waals surface area contributed by atoms with Crippen molar-refractivity contribution in [2.24, 2.45) is 0 Å². The van der Waals surface area contributed by atoms with Gasteiger partial charge in [0, 0.05) is 10.9 Å². The molecule has 0 radical (unpaired) electrons. The molecule has 0 aliphatic rings. The Morgan fingerprint density at radius 1 is 1.13 bits per heavy atom. The highest BCUT2D eigenvalue weighted by molar-refractivity contribution is 6.42. The predicted octanol–water partition coefficient (Wildman–Crippen LogP) is 4.92. The highest BCUT2D eigenvalue weighted by Gasteiger charge is 2.16. The molecule has 1 aromatic heterocycles. The molecule has 4 nitrogen and oxygen atoms in total. The first-order chi connectivity index (χ1) is 11.0. The maximum Gasteiger partial charge on any atom is 0.336 e. The van der Waals surface area contributed by atoms with Crippen LogP contribution in [0.5, 0.6) is 5.75 Å². The van der Waals surface area contributed by atoms with Crippen LogP contribution in [0.4, 0.5) is 0 Å². The Morgan fingerprint density at radius 2 is 1.91 bits per heavy atom. The maximum absolute atomic E-state index is 11.6. The zero-order valence-electron chi connectivity index (χ0n) is 12.0. The van der Waals surface area contributed by atoms with Crippen LogP contribution in [0.25, 0.3) is 22.2 Å². The molecule has 0 fully saturated rings. The Labute approximate surface area is 142 Å². The lowest BCUT2D eigenvalue weighted by Crippen LogP contribution is -2.01. The lowest BCUT2D eigenvalue weighted by Gasteiger charge is -2.10. The molecule has 116 valence electrons. The molecular weight excluding hydrogens is 337 g/mol. The van der Waals surface area contributed by atoms with Gasteiger partial charge in [-0.1, -0.05) is 41.4 Å². The summed E-state index contributed by atoms with van der Waals surface area (Å²) in [5.74, 6) is -0.529. The van der Waals surface area contributed by atoms with Gasteiger partial charge in [0.15, 0.2) is 0 Å². The number of fused-ring (bicyclic) bond motifs is 1. The van der Waals surface area contributed by atoms with E-state index in [9.17, 15) is 9.90 Å². The topological polar surface area (TPSA) is 59.4 Å². The minimum atomic E-state index is -1.04. The lowest BCUT2D eigenvalue weighted by molar-refractivity contribution is 0.0699. The third-order valence-corrected chi connectivity index (χ3v) is 4.21. The number of halogens is 2. The van der Waals surface area contributed by atoms with Gasteiger partial charge in [0.05, 0.1) is 28.4 Å². The minimum Gasteiger partial charge on any atom is -0.494 e. The van der Waals surface area contributed by atoms with Crippen molar-refractivity contribution < 1.29 is 14.6 Å². The Hall–Kier alpha value is -2.30. The third-order valence-electron chi connectivity index (χ3n) is 3.47. The first-order valence-corrected chi connectivity index (χ1v) is 7.43. The molecule has 0 unspecified atom stereocenters. The van der Waals surface area contributed by atoms with Gasteiger partial charge in [-0.05, 0) is 24.3 Å². The smallest absolute Gasteiger partial charge is 0.336 e. The molecule has 0 atom stereocenters. The van der Waals surface area contributed by atoms with E-state index < -0.39 is 5.97 Å². The summed E-state index contributed by atoms with van der Waals surface area (Å²) in [6, 6.07) is 11.7. The zero-order valence-corrected chi connectivity index (χ0v) is 13.5. The van der Waals surface area contributed by atoms with Gasteiger partial charge in [-0.3, -0.25) is 0 Å². The van der Waals surface area contributed by atoms with Crippen LogP contribution in [0, 0.1) is 0 Å². The summed E-state index contributed by atoms with van der Waals surface area (Å²) in [4.78, 5) is 16.1. The van der Waals surface area contributed by atoms with E-state index in [-0.39, 0.29) is 5.56 Å². The number of nitrogens with zero attached hydrogens (tertiary/aromatic N) is 1. The number of hydrogen-bond donors (Lipinski definition) is 1. The fourth-order valence-electron chi connectivity index (χ4n) is 2.37. The highest BCUT2D eigenvalue weighted by atomic mass is 35.5. The molecule has 0 aliphatic heterocycles. The van der Waals surface area contributed by atoms with Gasteiger partial charge >= 0.3 is 5.97 Å². The first kappa shape index (κ1) is 15.6. The van der Waals surface area contributed by atoms with Crippen LogP contribution in [-0.4, -0.2) is 23.2 Å². The van der Waals surface area contributed by atoms with Gasteiger partial charge in [0.1, 0.15) is 11.3 Å². The highest BCUT2D eigenvalue weighted by Crippen LogP contribution is 2.32. The molecule has 0 saturated carbocycles. The second-order valence-corrected chi connectivity index (χ2v) is 5.66. The number of hydrogen-bond acceptors (Lipinski definition) is 3. The zero-order chi connectivity index (χ0) is 16.6. The second-order valence-electron chi connectivity index (χ2n) is 4.85. The summed E-state index contributed by atoms with van der Waals surface area (Å²) in [5, 5.41) is 10.8. The van der Waals surface area contributed by atoms with Gasteiger partial charge in [0.25, 0.3) is 0 Å². The Balaban J connectivity index is 2.33. The lowest BCUT2D eigenvalue weighted by atomic mass is 10.0. The number of carboxylic acid groups (broad SMARTS) is 1. The average molecular weight is 348 g/mol. The van der Waals surface area contributed by atoms with Crippen LogP contribution < -0.4 is 4.74 Å². The Kier molecular flexibility index (Phi) is 4.11. The Morgan fingerprint density at radius 3 is 2.57 bits per heavy atom. The van der Waals surface area contributed by atoms with E-state index >= 15 is 0 Å². The van der Waals surface area contributed by atoms with E-state index in [1.807, 2.05) is 0 Å². The molecule has 0 saturated heterocycles. The molecule has 1 N–H and O–H groups in total. The molecule has 2 aromatic carbocycles. The number of carboxylic acids is 1. The van der Waals surface area contributed by atoms with E-state index in [0.29, 0.717) is 38.0 Å². The van der Waals surface area contributed by atoms with Crippen molar-refractivity contribution in [1.82, 2.24) is 4.98 Å². The van der Waals surface area contributed by atoms with Crippen molar-refractivity contribution in [3.8, 4) is 17.0 Å². The number of para-hydroxylation sites is 1. The van der Waals surface area contributed by atoms with Gasteiger partial charge in [-0.2, -0.15) is 0 Å². The van der Waals surface area contributed by atoms with Crippen molar-refractivity contribution in [1.29, 1.82) is 0 Å². The van der Waals surface area contributed by atoms with E-state index in [0.717, 1.165) is 0 Å². The largest absolute Gasteiger partial charge is 0.494 e. The van der Waals surface area contributed by atoms with Crippen LogP contribution in [-0.2, 0) is 0 Å². The van der Waals surface area contributed by atoms with E-state index in [2.05, 4.69) is 4.98 Å². The molecule has 0 spiro atoms. The maximum atomic E-state index is 11.6. The molecule has 23 heavy (non-hydrogen) atoms.